The minimum atomic E-state index is -2.68. The smallest absolute Gasteiger partial charge is 0.194 e. The summed E-state index contributed by atoms with van der Waals surface area (Å²) in [4.78, 5) is 25.5. The standard InChI is InChI=1S/C50H37N2OP/c1-34-32-43-44(33-35(34)2)49(53)42-31-19-18-30-41(42)45(43)46-47(51-36-20-8-3-9-21-36)50(48(46)52-37-22-10-4-11-23-37)54(38-24-12-5-13-25-38,39-26-14-6-15-27-39)40-28-16-7-17-29-40/h3-33H,1-2H3. The molecule has 2 aliphatic carbocycles. The molecule has 1 saturated carbocycles. The van der Waals surface area contributed by atoms with Crippen LogP contribution in [0.3, 0.4) is 0 Å². The van der Waals surface area contributed by atoms with Crippen molar-refractivity contribution >= 4 is 62.2 Å². The SMILES string of the molecule is Cc1cc2c(cc1C)C(=C1C(=Nc3ccccc3)C(=P(c3ccccc3)(c3ccccc3)c3ccccc3)C1=Nc1ccccc1)c1ccccc1C2=O. The van der Waals surface area contributed by atoms with Gasteiger partial charge in [-0.1, -0.05) is 158 Å². The van der Waals surface area contributed by atoms with Crippen LogP contribution in [0.25, 0.3) is 5.57 Å². The van der Waals surface area contributed by atoms with Gasteiger partial charge in [0.05, 0.1) is 22.8 Å². The van der Waals surface area contributed by atoms with Gasteiger partial charge < -0.3 is 0 Å². The topological polar surface area (TPSA) is 41.8 Å². The van der Waals surface area contributed by atoms with Crippen molar-refractivity contribution in [3.8, 4) is 0 Å². The van der Waals surface area contributed by atoms with E-state index in [0.29, 0.717) is 11.1 Å². The summed E-state index contributed by atoms with van der Waals surface area (Å²) in [6, 6.07) is 65.4. The van der Waals surface area contributed by atoms with Gasteiger partial charge in [-0.2, -0.15) is 0 Å². The maximum Gasteiger partial charge on any atom is 0.194 e. The van der Waals surface area contributed by atoms with Gasteiger partial charge in [0.1, 0.15) is 0 Å². The van der Waals surface area contributed by atoms with Gasteiger partial charge in [0.15, 0.2) is 5.78 Å². The fourth-order valence-corrected chi connectivity index (χ4v) is 12.4. The van der Waals surface area contributed by atoms with Crippen molar-refractivity contribution in [3.63, 3.8) is 0 Å². The number of para-hydroxylation sites is 2. The van der Waals surface area contributed by atoms with Gasteiger partial charge in [0.25, 0.3) is 0 Å². The predicted molar refractivity (Wildman–Crippen MR) is 229 cm³/mol. The van der Waals surface area contributed by atoms with Crippen LogP contribution in [0.1, 0.15) is 38.2 Å². The Kier molecular flexibility index (Phi) is 8.58. The van der Waals surface area contributed by atoms with E-state index in [2.05, 4.69) is 147 Å². The zero-order valence-electron chi connectivity index (χ0n) is 30.1. The number of ketones is 1. The number of hydrogen-bond donors (Lipinski definition) is 0. The maximum absolute atomic E-state index is 14.3. The average molecular weight is 713 g/mol. The molecule has 0 bridgehead atoms. The lowest BCUT2D eigenvalue weighted by atomic mass is 9.72. The van der Waals surface area contributed by atoms with E-state index in [1.54, 1.807) is 0 Å². The summed E-state index contributed by atoms with van der Waals surface area (Å²) in [5.41, 5.74) is 10.9. The number of rotatable bonds is 5. The van der Waals surface area contributed by atoms with Crippen LogP contribution < -0.4 is 15.9 Å². The molecular weight excluding hydrogens is 676 g/mol. The van der Waals surface area contributed by atoms with Crippen LogP contribution in [0.15, 0.2) is 204 Å². The highest BCUT2D eigenvalue weighted by atomic mass is 31.2. The molecule has 0 radical (unpaired) electrons. The van der Waals surface area contributed by atoms with Gasteiger partial charge in [-0.05, 0) is 89.2 Å². The van der Waals surface area contributed by atoms with Gasteiger partial charge in [0.2, 0.25) is 0 Å². The Bertz CT molecular complexity index is 2550. The van der Waals surface area contributed by atoms with Crippen LogP contribution in [-0.4, -0.2) is 22.5 Å². The molecule has 0 spiro atoms. The van der Waals surface area contributed by atoms with Gasteiger partial charge >= 0.3 is 0 Å². The molecule has 1 fully saturated rings. The van der Waals surface area contributed by atoms with Crippen LogP contribution in [0.4, 0.5) is 11.4 Å². The van der Waals surface area contributed by atoms with Gasteiger partial charge in [0, 0.05) is 27.6 Å². The third kappa shape index (κ3) is 5.48. The Labute approximate surface area is 316 Å². The maximum atomic E-state index is 14.3. The molecule has 7 aromatic rings. The second kappa shape index (κ2) is 13.9. The van der Waals surface area contributed by atoms with E-state index in [0.717, 1.165) is 61.5 Å². The molecule has 258 valence electrons. The van der Waals surface area contributed by atoms with Crippen molar-refractivity contribution in [1.82, 2.24) is 0 Å². The lowest BCUT2D eigenvalue weighted by Crippen LogP contribution is -2.48. The Morgan fingerprint density at radius 1 is 0.389 bits per heavy atom. The first-order valence-corrected chi connectivity index (χ1v) is 20.1. The van der Waals surface area contributed by atoms with Crippen LogP contribution in [0, 0.1) is 13.8 Å². The summed E-state index contributed by atoms with van der Waals surface area (Å²) in [6.45, 7) is 1.52. The quantitative estimate of drug-likeness (QED) is 0.164. The highest BCUT2D eigenvalue weighted by molar-refractivity contribution is 7.98. The average Bonchev–Trinajstić information content (AvgIpc) is 3.23. The minimum absolute atomic E-state index is 0.0411. The zero-order chi connectivity index (χ0) is 36.6. The Morgan fingerprint density at radius 3 is 1.20 bits per heavy atom. The molecule has 0 aromatic heterocycles. The molecule has 0 aliphatic heterocycles. The number of allylic oxidation sites excluding steroid dienone is 1. The molecule has 4 heteroatoms. The van der Waals surface area contributed by atoms with Gasteiger partial charge in [-0.3, -0.25) is 4.79 Å². The number of aryl methyl sites for hydroxylation is 2. The summed E-state index contributed by atoms with van der Waals surface area (Å²) in [5.74, 6) is 0.0411. The lowest BCUT2D eigenvalue weighted by molar-refractivity contribution is 0.103. The molecule has 0 amide bonds. The van der Waals surface area contributed by atoms with Crippen LogP contribution in [0.2, 0.25) is 0 Å². The summed E-state index contributed by atoms with van der Waals surface area (Å²) in [7, 11) is 0. The van der Waals surface area contributed by atoms with E-state index in [9.17, 15) is 4.79 Å². The Hall–Kier alpha value is -6.41. The van der Waals surface area contributed by atoms with Crippen molar-refractivity contribution < 1.29 is 4.79 Å². The highest BCUT2D eigenvalue weighted by Crippen LogP contribution is 2.53. The monoisotopic (exact) mass is 712 g/mol. The molecule has 0 unspecified atom stereocenters. The third-order valence-corrected chi connectivity index (χ3v) is 14.8. The summed E-state index contributed by atoms with van der Waals surface area (Å²) in [5, 5.41) is 4.76. The van der Waals surface area contributed by atoms with Crippen molar-refractivity contribution in [2.75, 3.05) is 0 Å². The highest BCUT2D eigenvalue weighted by Gasteiger charge is 2.47. The summed E-state index contributed by atoms with van der Waals surface area (Å²) < 4.78 is 0. The molecular formula is C50H37N2OP. The second-order valence-electron chi connectivity index (χ2n) is 13.7. The molecule has 9 rings (SSSR count). The number of carbonyl (C=O) groups is 1. The normalized spacial score (nSPS) is 15.2. The van der Waals surface area contributed by atoms with Crippen molar-refractivity contribution in [2.45, 2.75) is 13.8 Å². The van der Waals surface area contributed by atoms with E-state index in [-0.39, 0.29) is 5.78 Å². The molecule has 0 saturated heterocycles. The molecule has 2 aliphatic rings. The number of carbonyl (C=O) groups excluding carboxylic acids is 1. The van der Waals surface area contributed by atoms with Crippen molar-refractivity contribution in [3.05, 3.63) is 227 Å². The first-order valence-electron chi connectivity index (χ1n) is 18.3. The van der Waals surface area contributed by atoms with Crippen LogP contribution >= 0.6 is 6.89 Å². The van der Waals surface area contributed by atoms with E-state index < -0.39 is 6.89 Å². The van der Waals surface area contributed by atoms with E-state index in [1.807, 2.05) is 54.6 Å². The van der Waals surface area contributed by atoms with Gasteiger partial charge in [-0.25, -0.2) is 9.98 Å². The second-order valence-corrected chi connectivity index (χ2v) is 17.1. The van der Waals surface area contributed by atoms with Crippen molar-refractivity contribution in [1.29, 1.82) is 0 Å². The third-order valence-electron chi connectivity index (χ3n) is 10.5. The first-order chi connectivity index (χ1) is 26.6. The minimum Gasteiger partial charge on any atom is -0.289 e. The molecule has 54 heavy (non-hydrogen) atoms. The van der Waals surface area contributed by atoms with Crippen molar-refractivity contribution in [2.24, 2.45) is 9.98 Å². The zero-order valence-corrected chi connectivity index (χ0v) is 31.0. The number of hydrogen-bond acceptors (Lipinski definition) is 3. The molecule has 0 heterocycles. The number of aliphatic imine (C=N–C) groups is 2. The van der Waals surface area contributed by atoms with E-state index in [1.165, 1.54) is 15.9 Å². The van der Waals surface area contributed by atoms with Crippen LogP contribution in [-0.2, 0) is 0 Å². The number of benzene rings is 7. The molecule has 0 N–H and O–H groups in total. The predicted octanol–water partition coefficient (Wildman–Crippen LogP) is 10.4. The van der Waals surface area contributed by atoms with Crippen LogP contribution in [0.5, 0.6) is 0 Å². The molecule has 0 atom stereocenters. The summed E-state index contributed by atoms with van der Waals surface area (Å²) >= 11 is 0. The number of nitrogens with zero attached hydrogens (tertiary/aromatic N) is 2. The van der Waals surface area contributed by atoms with E-state index >= 15 is 0 Å². The first kappa shape index (κ1) is 33.4. The molecule has 7 aromatic carbocycles. The molecule has 3 nitrogen and oxygen atoms in total. The Balaban J connectivity index is 1.55. The summed E-state index contributed by atoms with van der Waals surface area (Å²) in [6.07, 6.45) is 0. The Morgan fingerprint density at radius 2 is 0.759 bits per heavy atom. The number of fused-ring (bicyclic) bond motifs is 2. The van der Waals surface area contributed by atoms with Gasteiger partial charge in [-0.15, -0.1) is 0 Å². The fourth-order valence-electron chi connectivity index (χ4n) is 7.89. The largest absolute Gasteiger partial charge is 0.289 e. The van der Waals surface area contributed by atoms with E-state index in [4.69, 9.17) is 9.98 Å². The lowest BCUT2D eigenvalue weighted by Gasteiger charge is -2.41. The fraction of sp³-hybridized carbons (Fsp3) is 0.0400.